The summed E-state index contributed by atoms with van der Waals surface area (Å²) in [5.41, 5.74) is 4.98. The highest BCUT2D eigenvalue weighted by Gasteiger charge is 2.30. The standard InChI is InChI=1S/C26H29FN2O3/c1-3-22(26(31)32)29-23-11-9-18(27)14-20(23)21-15-19(10-12-24(21)29)28-25(30)13-8-17-6-4-16(2)5-7-17/h4-7,9,11,14,19,22H,3,8,10,12-13,15H2,1-2H3,(H,28,30)(H,31,32). The predicted molar refractivity (Wildman–Crippen MR) is 122 cm³/mol. The van der Waals surface area contributed by atoms with E-state index in [-0.39, 0.29) is 17.8 Å². The molecule has 2 aromatic carbocycles. The summed E-state index contributed by atoms with van der Waals surface area (Å²) in [6, 6.07) is 12.0. The van der Waals surface area contributed by atoms with Gasteiger partial charge in [-0.15, -0.1) is 0 Å². The Morgan fingerprint density at radius 1 is 1.22 bits per heavy atom. The van der Waals surface area contributed by atoms with Crippen molar-refractivity contribution in [3.8, 4) is 0 Å². The van der Waals surface area contributed by atoms with Crippen molar-refractivity contribution < 1.29 is 19.1 Å². The first-order valence-corrected chi connectivity index (χ1v) is 11.3. The molecule has 168 valence electrons. The maximum Gasteiger partial charge on any atom is 0.326 e. The second kappa shape index (κ2) is 9.15. The summed E-state index contributed by atoms with van der Waals surface area (Å²) >= 11 is 0. The van der Waals surface area contributed by atoms with E-state index >= 15 is 0 Å². The fourth-order valence-electron chi connectivity index (χ4n) is 4.82. The minimum Gasteiger partial charge on any atom is -0.480 e. The van der Waals surface area contributed by atoms with Crippen molar-refractivity contribution in [2.75, 3.05) is 0 Å². The highest BCUT2D eigenvalue weighted by Crippen LogP contribution is 2.36. The molecule has 4 rings (SSSR count). The molecule has 0 spiro atoms. The van der Waals surface area contributed by atoms with Gasteiger partial charge in [-0.3, -0.25) is 4.79 Å². The number of fused-ring (bicyclic) bond motifs is 3. The van der Waals surface area contributed by atoms with E-state index in [1.165, 1.54) is 17.7 Å². The van der Waals surface area contributed by atoms with Crippen molar-refractivity contribution in [3.05, 3.63) is 70.7 Å². The average Bonchev–Trinajstić information content (AvgIpc) is 3.07. The van der Waals surface area contributed by atoms with Crippen LogP contribution < -0.4 is 5.32 Å². The first-order valence-electron chi connectivity index (χ1n) is 11.3. The second-order valence-corrected chi connectivity index (χ2v) is 8.71. The highest BCUT2D eigenvalue weighted by molar-refractivity contribution is 5.88. The summed E-state index contributed by atoms with van der Waals surface area (Å²) < 4.78 is 15.9. The molecule has 0 aliphatic heterocycles. The number of nitrogens with one attached hydrogen (secondary N) is 1. The van der Waals surface area contributed by atoms with Crippen molar-refractivity contribution in [2.24, 2.45) is 0 Å². The number of rotatable bonds is 7. The van der Waals surface area contributed by atoms with Crippen molar-refractivity contribution in [2.45, 2.75) is 64.5 Å². The Kier molecular flexibility index (Phi) is 6.31. The molecule has 2 unspecified atom stereocenters. The van der Waals surface area contributed by atoms with Crippen LogP contribution >= 0.6 is 0 Å². The van der Waals surface area contributed by atoms with Gasteiger partial charge in [0.1, 0.15) is 11.9 Å². The fraction of sp³-hybridized carbons (Fsp3) is 0.385. The third kappa shape index (κ3) is 4.40. The van der Waals surface area contributed by atoms with Crippen LogP contribution in [-0.2, 0) is 28.9 Å². The summed E-state index contributed by atoms with van der Waals surface area (Å²) in [6.07, 6.45) is 3.51. The number of amides is 1. The lowest BCUT2D eigenvalue weighted by atomic mass is 9.91. The van der Waals surface area contributed by atoms with Crippen molar-refractivity contribution in [1.82, 2.24) is 9.88 Å². The van der Waals surface area contributed by atoms with Gasteiger partial charge in [0.25, 0.3) is 0 Å². The number of nitrogens with zero attached hydrogens (tertiary/aromatic N) is 1. The predicted octanol–water partition coefficient (Wildman–Crippen LogP) is 4.73. The number of benzene rings is 2. The molecule has 1 amide bonds. The van der Waals surface area contributed by atoms with Gasteiger partial charge in [0, 0.05) is 29.1 Å². The largest absolute Gasteiger partial charge is 0.480 e. The smallest absolute Gasteiger partial charge is 0.326 e. The minimum absolute atomic E-state index is 0.00548. The van der Waals surface area contributed by atoms with Crippen LogP contribution in [-0.4, -0.2) is 27.6 Å². The molecule has 32 heavy (non-hydrogen) atoms. The third-order valence-electron chi connectivity index (χ3n) is 6.47. The SMILES string of the molecule is CCC(C(=O)O)n1c2c(c3cc(F)ccc31)CC(NC(=O)CCc1ccc(C)cc1)CC2. The van der Waals surface area contributed by atoms with E-state index in [2.05, 4.69) is 5.32 Å². The second-order valence-electron chi connectivity index (χ2n) is 8.71. The fourth-order valence-corrected chi connectivity index (χ4v) is 4.82. The van der Waals surface area contributed by atoms with E-state index in [0.29, 0.717) is 32.1 Å². The molecule has 6 heteroatoms. The van der Waals surface area contributed by atoms with Crippen molar-refractivity contribution in [1.29, 1.82) is 0 Å². The van der Waals surface area contributed by atoms with Crippen LogP contribution in [0.25, 0.3) is 10.9 Å². The van der Waals surface area contributed by atoms with Crippen LogP contribution in [0.3, 0.4) is 0 Å². The Morgan fingerprint density at radius 2 is 1.97 bits per heavy atom. The molecular weight excluding hydrogens is 407 g/mol. The summed E-state index contributed by atoms with van der Waals surface area (Å²) in [7, 11) is 0. The normalized spacial score (nSPS) is 16.5. The van der Waals surface area contributed by atoms with E-state index in [0.717, 1.165) is 34.1 Å². The molecule has 1 aromatic heterocycles. The highest BCUT2D eigenvalue weighted by atomic mass is 19.1. The first-order chi connectivity index (χ1) is 15.4. The molecule has 3 aromatic rings. The summed E-state index contributed by atoms with van der Waals surface area (Å²) in [5, 5.41) is 13.6. The molecule has 0 saturated carbocycles. The van der Waals surface area contributed by atoms with Gasteiger partial charge in [0.05, 0.1) is 0 Å². The molecule has 5 nitrogen and oxygen atoms in total. The number of carboxylic acid groups (broad SMARTS) is 1. The number of hydrogen-bond donors (Lipinski definition) is 2. The number of carbonyl (C=O) groups excluding carboxylic acids is 1. The molecule has 0 bridgehead atoms. The first kappa shape index (κ1) is 22.1. The van der Waals surface area contributed by atoms with Crippen LogP contribution in [0.2, 0.25) is 0 Å². The Labute approximate surface area is 187 Å². The maximum atomic E-state index is 14.1. The Bertz CT molecular complexity index is 1150. The number of aromatic nitrogens is 1. The molecule has 0 saturated heterocycles. The topological polar surface area (TPSA) is 71.3 Å². The summed E-state index contributed by atoms with van der Waals surface area (Å²) in [5.74, 6) is -1.22. The van der Waals surface area contributed by atoms with Crippen molar-refractivity contribution in [3.63, 3.8) is 0 Å². The van der Waals surface area contributed by atoms with Crippen LogP contribution in [0.15, 0.2) is 42.5 Å². The third-order valence-corrected chi connectivity index (χ3v) is 6.47. The van der Waals surface area contributed by atoms with E-state index in [9.17, 15) is 19.1 Å². The Balaban J connectivity index is 1.53. The monoisotopic (exact) mass is 436 g/mol. The van der Waals surface area contributed by atoms with E-state index in [1.54, 1.807) is 6.07 Å². The quantitative estimate of drug-likeness (QED) is 0.562. The minimum atomic E-state index is -0.886. The lowest BCUT2D eigenvalue weighted by Gasteiger charge is -2.26. The lowest BCUT2D eigenvalue weighted by Crippen LogP contribution is -2.39. The molecular formula is C26H29FN2O3. The molecule has 1 aliphatic rings. The summed E-state index contributed by atoms with van der Waals surface area (Å²) in [6.45, 7) is 3.89. The van der Waals surface area contributed by atoms with Gasteiger partial charge in [0.2, 0.25) is 5.91 Å². The molecule has 0 fully saturated rings. The van der Waals surface area contributed by atoms with Crippen LogP contribution in [0.1, 0.15) is 54.6 Å². The zero-order valence-electron chi connectivity index (χ0n) is 18.5. The van der Waals surface area contributed by atoms with Gasteiger partial charge in [0.15, 0.2) is 0 Å². The Hall–Kier alpha value is -3.15. The van der Waals surface area contributed by atoms with Gasteiger partial charge in [-0.2, -0.15) is 0 Å². The van der Waals surface area contributed by atoms with Crippen LogP contribution in [0.5, 0.6) is 0 Å². The van der Waals surface area contributed by atoms with Gasteiger partial charge in [-0.05, 0) is 68.4 Å². The zero-order chi connectivity index (χ0) is 22.8. The van der Waals surface area contributed by atoms with Gasteiger partial charge < -0.3 is 15.0 Å². The number of carboxylic acids is 1. The average molecular weight is 437 g/mol. The van der Waals surface area contributed by atoms with E-state index < -0.39 is 12.0 Å². The zero-order valence-corrected chi connectivity index (χ0v) is 18.5. The van der Waals surface area contributed by atoms with Gasteiger partial charge in [-0.1, -0.05) is 36.8 Å². The maximum absolute atomic E-state index is 14.1. The number of aliphatic carboxylic acids is 1. The number of hydrogen-bond acceptors (Lipinski definition) is 2. The van der Waals surface area contributed by atoms with Crippen molar-refractivity contribution >= 4 is 22.8 Å². The van der Waals surface area contributed by atoms with E-state index in [4.69, 9.17) is 0 Å². The van der Waals surface area contributed by atoms with E-state index in [1.807, 2.05) is 42.7 Å². The Morgan fingerprint density at radius 3 is 2.66 bits per heavy atom. The van der Waals surface area contributed by atoms with Gasteiger partial charge >= 0.3 is 5.97 Å². The number of halogens is 1. The van der Waals surface area contributed by atoms with Crippen LogP contribution in [0, 0.1) is 12.7 Å². The molecule has 2 atom stereocenters. The number of aryl methyl sites for hydroxylation is 2. The van der Waals surface area contributed by atoms with Gasteiger partial charge in [-0.25, -0.2) is 9.18 Å². The lowest BCUT2D eigenvalue weighted by molar-refractivity contribution is -0.141. The number of carbonyl (C=O) groups is 2. The molecule has 1 aliphatic carbocycles. The summed E-state index contributed by atoms with van der Waals surface area (Å²) in [4.78, 5) is 24.5. The van der Waals surface area contributed by atoms with Crippen LogP contribution in [0.4, 0.5) is 4.39 Å². The molecule has 2 N–H and O–H groups in total. The molecule has 1 heterocycles. The molecule has 0 radical (unpaired) electrons.